The molecule has 0 amide bonds. The van der Waals surface area contributed by atoms with Gasteiger partial charge in [-0.3, -0.25) is 0 Å². The molecule has 0 fully saturated rings. The third-order valence-corrected chi connectivity index (χ3v) is 2.66. The Hall–Kier alpha value is -2.39. The molecular formula is C16H14O3. The highest BCUT2D eigenvalue weighted by Gasteiger charge is 2.19. The minimum absolute atomic E-state index is 0.00931. The van der Waals surface area contributed by atoms with Gasteiger partial charge in [0.1, 0.15) is 11.9 Å². The standard InChI is InChI=1S/C16H14O3/c1-12(15(17)13-8-4-2-5-9-13)16(18)19-14-10-6-3-7-11-14/h2-11,15,17H,1H2/t15-/m1/s1. The molecule has 0 heterocycles. The van der Waals surface area contributed by atoms with Crippen LogP contribution in [0.4, 0.5) is 0 Å². The van der Waals surface area contributed by atoms with Crippen LogP contribution in [0.15, 0.2) is 72.8 Å². The van der Waals surface area contributed by atoms with Crippen LogP contribution in [0.1, 0.15) is 11.7 Å². The highest BCUT2D eigenvalue weighted by molar-refractivity contribution is 5.90. The minimum Gasteiger partial charge on any atom is -0.423 e. The minimum atomic E-state index is -1.06. The Labute approximate surface area is 111 Å². The largest absolute Gasteiger partial charge is 0.423 e. The lowest BCUT2D eigenvalue weighted by atomic mass is 10.0. The van der Waals surface area contributed by atoms with Crippen molar-refractivity contribution in [2.75, 3.05) is 0 Å². The summed E-state index contributed by atoms with van der Waals surface area (Å²) in [7, 11) is 0. The Morgan fingerprint density at radius 2 is 1.53 bits per heavy atom. The van der Waals surface area contributed by atoms with Crippen molar-refractivity contribution in [1.82, 2.24) is 0 Å². The number of benzene rings is 2. The molecule has 0 saturated carbocycles. The third-order valence-electron chi connectivity index (χ3n) is 2.66. The predicted molar refractivity (Wildman–Crippen MR) is 72.6 cm³/mol. The highest BCUT2D eigenvalue weighted by Crippen LogP contribution is 2.21. The summed E-state index contributed by atoms with van der Waals surface area (Å²) >= 11 is 0. The fourth-order valence-corrected chi connectivity index (χ4v) is 1.61. The van der Waals surface area contributed by atoms with E-state index in [4.69, 9.17) is 4.74 Å². The molecule has 1 N–H and O–H groups in total. The summed E-state index contributed by atoms with van der Waals surface area (Å²) in [4.78, 5) is 11.8. The molecule has 3 nitrogen and oxygen atoms in total. The number of aliphatic hydroxyl groups is 1. The van der Waals surface area contributed by atoms with Gasteiger partial charge in [-0.25, -0.2) is 4.79 Å². The molecule has 2 aromatic rings. The van der Waals surface area contributed by atoms with Crippen molar-refractivity contribution in [3.8, 4) is 5.75 Å². The lowest BCUT2D eigenvalue weighted by Gasteiger charge is -2.13. The molecule has 0 saturated heterocycles. The topological polar surface area (TPSA) is 46.5 Å². The van der Waals surface area contributed by atoms with Crippen molar-refractivity contribution >= 4 is 5.97 Å². The predicted octanol–water partition coefficient (Wildman–Crippen LogP) is 2.88. The lowest BCUT2D eigenvalue weighted by molar-refractivity contribution is -0.131. The Kier molecular flexibility index (Phi) is 4.11. The Morgan fingerprint density at radius 1 is 1.00 bits per heavy atom. The molecule has 0 aliphatic carbocycles. The summed E-state index contributed by atoms with van der Waals surface area (Å²) in [5.74, 6) is -0.212. The van der Waals surface area contributed by atoms with Crippen LogP contribution >= 0.6 is 0 Å². The van der Waals surface area contributed by atoms with Crippen LogP contribution in [-0.2, 0) is 4.79 Å². The van der Waals surface area contributed by atoms with Gasteiger partial charge < -0.3 is 9.84 Å². The molecule has 2 aromatic carbocycles. The molecule has 0 unspecified atom stereocenters. The van der Waals surface area contributed by atoms with Crippen molar-refractivity contribution < 1.29 is 14.6 Å². The second-order valence-corrected chi connectivity index (χ2v) is 4.04. The molecule has 0 aliphatic rings. The summed E-state index contributed by atoms with van der Waals surface area (Å²) in [5.41, 5.74) is 0.618. The van der Waals surface area contributed by atoms with Crippen molar-refractivity contribution in [2.24, 2.45) is 0 Å². The second kappa shape index (κ2) is 5.98. The fourth-order valence-electron chi connectivity index (χ4n) is 1.61. The van der Waals surface area contributed by atoms with Crippen LogP contribution in [-0.4, -0.2) is 11.1 Å². The molecule has 2 rings (SSSR count). The van der Waals surface area contributed by atoms with Crippen molar-refractivity contribution in [3.63, 3.8) is 0 Å². The second-order valence-electron chi connectivity index (χ2n) is 4.04. The maximum absolute atomic E-state index is 11.8. The first-order valence-electron chi connectivity index (χ1n) is 5.87. The molecule has 0 spiro atoms. The first kappa shape index (κ1) is 13.1. The van der Waals surface area contributed by atoms with Crippen molar-refractivity contribution in [2.45, 2.75) is 6.10 Å². The average Bonchev–Trinajstić information content (AvgIpc) is 2.47. The zero-order valence-electron chi connectivity index (χ0n) is 10.3. The number of ether oxygens (including phenoxy) is 1. The van der Waals surface area contributed by atoms with Gasteiger partial charge in [0.05, 0.1) is 5.57 Å². The van der Waals surface area contributed by atoms with Crippen molar-refractivity contribution in [1.29, 1.82) is 0 Å². The number of rotatable bonds is 4. The molecule has 0 radical (unpaired) electrons. The van der Waals surface area contributed by atoms with E-state index in [0.717, 1.165) is 0 Å². The maximum atomic E-state index is 11.8. The third kappa shape index (κ3) is 3.30. The van der Waals surface area contributed by atoms with Crippen molar-refractivity contribution in [3.05, 3.63) is 78.4 Å². The molecule has 0 aliphatic heterocycles. The SMILES string of the molecule is C=C(C(=O)Oc1ccccc1)[C@@H](O)c1ccccc1. The molecule has 0 bridgehead atoms. The summed E-state index contributed by atoms with van der Waals surface area (Å²) < 4.78 is 5.12. The first-order chi connectivity index (χ1) is 9.18. The van der Waals surface area contributed by atoms with E-state index in [1.54, 1.807) is 48.5 Å². The molecule has 19 heavy (non-hydrogen) atoms. The Bertz CT molecular complexity index is 561. The number of esters is 1. The van der Waals surface area contributed by atoms with Gasteiger partial charge in [-0.05, 0) is 17.7 Å². The van der Waals surface area contributed by atoms with Crippen LogP contribution in [0.25, 0.3) is 0 Å². The lowest BCUT2D eigenvalue weighted by Crippen LogP contribution is -2.16. The summed E-state index contributed by atoms with van der Waals surface area (Å²) in [6.07, 6.45) is -1.06. The monoisotopic (exact) mass is 254 g/mol. The number of aliphatic hydroxyl groups excluding tert-OH is 1. The van der Waals surface area contributed by atoms with Crippen LogP contribution in [0, 0.1) is 0 Å². The number of para-hydroxylation sites is 1. The van der Waals surface area contributed by atoms with Gasteiger partial charge in [-0.15, -0.1) is 0 Å². The van der Waals surface area contributed by atoms with Gasteiger partial charge in [0.15, 0.2) is 0 Å². The molecule has 3 heteroatoms. The quantitative estimate of drug-likeness (QED) is 0.518. The maximum Gasteiger partial charge on any atom is 0.341 e. The average molecular weight is 254 g/mol. The van der Waals surface area contributed by atoms with E-state index in [2.05, 4.69) is 6.58 Å². The fraction of sp³-hybridized carbons (Fsp3) is 0.0625. The van der Waals surface area contributed by atoms with Gasteiger partial charge in [-0.1, -0.05) is 55.1 Å². The smallest absolute Gasteiger partial charge is 0.341 e. The summed E-state index contributed by atoms with van der Waals surface area (Å²) in [6, 6.07) is 17.5. The van der Waals surface area contributed by atoms with Crippen LogP contribution < -0.4 is 4.74 Å². The Balaban J connectivity index is 2.06. The van der Waals surface area contributed by atoms with Gasteiger partial charge in [0.25, 0.3) is 0 Å². The molecule has 0 aromatic heterocycles. The molecular weight excluding hydrogens is 240 g/mol. The van der Waals surface area contributed by atoms with Crippen LogP contribution in [0.2, 0.25) is 0 Å². The van der Waals surface area contributed by atoms with E-state index in [1.807, 2.05) is 12.1 Å². The zero-order chi connectivity index (χ0) is 13.7. The Morgan fingerprint density at radius 3 is 2.11 bits per heavy atom. The van der Waals surface area contributed by atoms with Gasteiger partial charge >= 0.3 is 5.97 Å². The highest BCUT2D eigenvalue weighted by atomic mass is 16.5. The van der Waals surface area contributed by atoms with E-state index < -0.39 is 12.1 Å². The first-order valence-corrected chi connectivity index (χ1v) is 5.87. The van der Waals surface area contributed by atoms with Crippen LogP contribution in [0.3, 0.4) is 0 Å². The number of hydrogen-bond donors (Lipinski definition) is 1. The summed E-state index contributed by atoms with van der Waals surface area (Å²) in [6.45, 7) is 3.60. The molecule has 1 atom stereocenters. The number of carbonyl (C=O) groups excluding carboxylic acids is 1. The molecule has 96 valence electrons. The van der Waals surface area contributed by atoms with Crippen LogP contribution in [0.5, 0.6) is 5.75 Å². The normalized spacial score (nSPS) is 11.6. The van der Waals surface area contributed by atoms with Gasteiger partial charge in [0, 0.05) is 0 Å². The number of hydrogen-bond acceptors (Lipinski definition) is 3. The van der Waals surface area contributed by atoms with E-state index in [9.17, 15) is 9.90 Å². The number of carbonyl (C=O) groups is 1. The van der Waals surface area contributed by atoms with E-state index in [-0.39, 0.29) is 5.57 Å². The van der Waals surface area contributed by atoms with Gasteiger partial charge in [0.2, 0.25) is 0 Å². The van der Waals surface area contributed by atoms with E-state index in [0.29, 0.717) is 11.3 Å². The van der Waals surface area contributed by atoms with E-state index >= 15 is 0 Å². The van der Waals surface area contributed by atoms with Gasteiger partial charge in [-0.2, -0.15) is 0 Å². The zero-order valence-corrected chi connectivity index (χ0v) is 10.3. The van der Waals surface area contributed by atoms with E-state index in [1.165, 1.54) is 0 Å². The summed E-state index contributed by atoms with van der Waals surface area (Å²) in [5, 5.41) is 10.0.